The molecule has 0 bridgehead atoms. The van der Waals surface area contributed by atoms with Gasteiger partial charge in [0, 0.05) is 30.1 Å². The molecule has 3 aliphatic rings. The van der Waals surface area contributed by atoms with Crippen LogP contribution in [0.25, 0.3) is 0 Å². The van der Waals surface area contributed by atoms with Gasteiger partial charge in [0.25, 0.3) is 0 Å². The Labute approximate surface area is 192 Å². The van der Waals surface area contributed by atoms with Gasteiger partial charge in [-0.05, 0) is 6.92 Å². The van der Waals surface area contributed by atoms with Gasteiger partial charge in [-0.15, -0.1) is 0 Å². The molecule has 0 aromatic carbocycles. The van der Waals surface area contributed by atoms with Crippen molar-refractivity contribution < 1.29 is 40.8 Å². The van der Waals surface area contributed by atoms with Crippen molar-refractivity contribution in [2.45, 2.75) is 83.0 Å². The summed E-state index contributed by atoms with van der Waals surface area (Å²) < 4.78 is 54.8. The second kappa shape index (κ2) is 8.56. The third kappa shape index (κ3) is 4.40. The van der Waals surface area contributed by atoms with Crippen molar-refractivity contribution in [2.75, 3.05) is 27.3 Å². The van der Waals surface area contributed by atoms with Gasteiger partial charge in [0.1, 0.15) is 18.3 Å². The zero-order valence-corrected chi connectivity index (χ0v) is 22.2. The van der Waals surface area contributed by atoms with Gasteiger partial charge < -0.3 is 18.3 Å². The van der Waals surface area contributed by atoms with Gasteiger partial charge >= 0.3 is 24.8 Å². The van der Waals surface area contributed by atoms with Gasteiger partial charge in [0.05, 0.1) is 25.2 Å². The smallest absolute Gasteiger partial charge is 0.364 e. The number of fused-ring (bicyclic) bond motifs is 2. The lowest BCUT2D eigenvalue weighted by Gasteiger charge is -2.56. The van der Waals surface area contributed by atoms with Crippen LogP contribution in [0.2, 0.25) is 10.1 Å². The van der Waals surface area contributed by atoms with Gasteiger partial charge in [-0.1, -0.05) is 45.9 Å². The molecule has 0 unspecified atom stereocenters. The van der Waals surface area contributed by atoms with Crippen LogP contribution in [-0.2, 0) is 42.6 Å². The van der Waals surface area contributed by atoms with E-state index >= 15 is 0 Å². The fourth-order valence-corrected chi connectivity index (χ4v) is 10.3. The van der Waals surface area contributed by atoms with E-state index in [0.717, 1.165) is 4.31 Å². The first-order chi connectivity index (χ1) is 14.6. The highest BCUT2D eigenvalue weighted by Gasteiger charge is 2.72. The summed E-state index contributed by atoms with van der Waals surface area (Å²) in [6, 6.07) is 0. The first-order valence-electron chi connectivity index (χ1n) is 11.0. The molecule has 12 heteroatoms. The Morgan fingerprint density at radius 2 is 1.69 bits per heavy atom. The van der Waals surface area contributed by atoms with Crippen molar-refractivity contribution in [2.24, 2.45) is 11.8 Å². The molecule has 0 spiro atoms. The van der Waals surface area contributed by atoms with Crippen molar-refractivity contribution >= 4 is 24.8 Å². The van der Waals surface area contributed by atoms with Crippen molar-refractivity contribution in [1.29, 1.82) is 0 Å². The zero-order chi connectivity index (χ0) is 24.3. The number of carbonyl (C=O) groups is 1. The Hall–Kier alpha value is -0.603. The molecular formula is C20H37NO9SSi. The molecule has 10 nitrogen and oxygen atoms in total. The normalized spacial score (nSPS) is 34.6. The highest BCUT2D eigenvalue weighted by molar-refractivity contribution is 7.84. The fourth-order valence-electron chi connectivity index (χ4n) is 5.00. The van der Waals surface area contributed by atoms with Gasteiger partial charge in [0.2, 0.25) is 0 Å². The predicted molar refractivity (Wildman–Crippen MR) is 117 cm³/mol. The fraction of sp³-hybridized carbons (Fsp3) is 0.950. The lowest BCUT2D eigenvalue weighted by Crippen LogP contribution is -2.68. The molecule has 186 valence electrons. The first kappa shape index (κ1) is 26.0. The van der Waals surface area contributed by atoms with Crippen LogP contribution in [0.5, 0.6) is 0 Å². The maximum absolute atomic E-state index is 12.5. The molecule has 2 saturated heterocycles. The quantitative estimate of drug-likeness (QED) is 0.237. The number of ether oxygens (including phenoxy) is 2. The SMILES string of the molecule is CCOC(=O)[C@@H]1[C@H]2O[C@@H]3CO[Si](C(C)(C)C)(C(C)(C)C)O[C@H]3[C@H](OOS(=O)(=O)N(C)C)[C@H]21. The third-order valence-electron chi connectivity index (χ3n) is 6.38. The summed E-state index contributed by atoms with van der Waals surface area (Å²) >= 11 is 0. The lowest BCUT2D eigenvalue weighted by molar-refractivity contribution is -0.301. The molecule has 0 aromatic heterocycles. The molecule has 0 amide bonds. The first-order valence-corrected chi connectivity index (χ1v) is 14.2. The molecule has 0 radical (unpaired) electrons. The molecule has 3 rings (SSSR count). The van der Waals surface area contributed by atoms with Gasteiger partial charge in [-0.25, -0.2) is 4.89 Å². The highest BCUT2D eigenvalue weighted by Crippen LogP contribution is 2.59. The second-order valence-electron chi connectivity index (χ2n) is 10.9. The zero-order valence-electron chi connectivity index (χ0n) is 20.4. The number of esters is 1. The number of nitrogens with zero attached hydrogens (tertiary/aromatic N) is 1. The Bertz CT molecular complexity index is 806. The largest absolute Gasteiger partial charge is 0.466 e. The van der Waals surface area contributed by atoms with Crippen LogP contribution in [0.15, 0.2) is 0 Å². The third-order valence-corrected chi connectivity index (χ3v) is 12.7. The van der Waals surface area contributed by atoms with E-state index in [0.29, 0.717) is 0 Å². The summed E-state index contributed by atoms with van der Waals surface area (Å²) in [6.45, 7) is 14.7. The number of rotatable bonds is 6. The average Bonchev–Trinajstić information content (AvgIpc) is 3.36. The molecule has 3 fully saturated rings. The Morgan fingerprint density at radius 3 is 2.19 bits per heavy atom. The number of hydrogen-bond acceptors (Lipinski definition) is 9. The molecule has 1 aliphatic carbocycles. The van der Waals surface area contributed by atoms with E-state index in [2.05, 4.69) is 41.5 Å². The van der Waals surface area contributed by atoms with Crippen LogP contribution in [0.4, 0.5) is 0 Å². The van der Waals surface area contributed by atoms with E-state index in [-0.39, 0.29) is 23.3 Å². The van der Waals surface area contributed by atoms with Gasteiger partial charge in [0.15, 0.2) is 0 Å². The maximum atomic E-state index is 12.5. The standard InChI is InChI=1S/C20H37NO9SSi/c1-10-25-18(22)14-13-16(14)27-12-11-26-32(19(2,3)4,20(5,6)7)29-15(12)17(13)28-30-31(23,24)21(8)9/h12-17H,10-11H2,1-9H3/t12-,13+,14+,15-,16+,17-/m1/s1. The topological polar surface area (TPSA) is 110 Å². The molecule has 2 heterocycles. The summed E-state index contributed by atoms with van der Waals surface area (Å²) in [5, 5.41) is -0.587. The average molecular weight is 496 g/mol. The number of hydrogen-bond donors (Lipinski definition) is 0. The minimum Gasteiger partial charge on any atom is -0.466 e. The Kier molecular flexibility index (Phi) is 6.96. The second-order valence-corrected chi connectivity index (χ2v) is 17.4. The Morgan fingerprint density at radius 1 is 1.09 bits per heavy atom. The summed E-state index contributed by atoms with van der Waals surface area (Å²) in [5.41, 5.74) is 0. The number of carbonyl (C=O) groups excluding carboxylic acids is 1. The van der Waals surface area contributed by atoms with Gasteiger partial charge in [-0.2, -0.15) is 12.7 Å². The molecule has 2 aliphatic heterocycles. The molecule has 6 atom stereocenters. The molecule has 0 aromatic rings. The minimum absolute atomic E-state index is 0.238. The molecule has 32 heavy (non-hydrogen) atoms. The molecule has 0 N–H and O–H groups in total. The van der Waals surface area contributed by atoms with Crippen molar-refractivity contribution in [3.63, 3.8) is 0 Å². The van der Waals surface area contributed by atoms with Crippen molar-refractivity contribution in [3.8, 4) is 0 Å². The molecular weight excluding hydrogens is 458 g/mol. The van der Waals surface area contributed by atoms with E-state index in [4.69, 9.17) is 27.5 Å². The van der Waals surface area contributed by atoms with E-state index < -0.39 is 61.1 Å². The summed E-state index contributed by atoms with van der Waals surface area (Å²) in [7, 11) is -4.31. The van der Waals surface area contributed by atoms with Crippen LogP contribution in [0.3, 0.4) is 0 Å². The monoisotopic (exact) mass is 495 g/mol. The van der Waals surface area contributed by atoms with E-state index in [9.17, 15) is 13.2 Å². The predicted octanol–water partition coefficient (Wildman–Crippen LogP) is 2.14. The molecule has 1 saturated carbocycles. The Balaban J connectivity index is 1.94. The summed E-state index contributed by atoms with van der Waals surface area (Å²) in [4.78, 5) is 18.0. The van der Waals surface area contributed by atoms with Crippen LogP contribution in [0, 0.1) is 11.8 Å². The van der Waals surface area contributed by atoms with Crippen molar-refractivity contribution in [3.05, 3.63) is 0 Å². The van der Waals surface area contributed by atoms with Gasteiger partial charge in [-0.3, -0.25) is 4.79 Å². The van der Waals surface area contributed by atoms with Crippen molar-refractivity contribution in [1.82, 2.24) is 4.31 Å². The van der Waals surface area contributed by atoms with E-state index in [1.807, 2.05) is 0 Å². The summed E-state index contributed by atoms with van der Waals surface area (Å²) in [5.74, 6) is -1.40. The summed E-state index contributed by atoms with van der Waals surface area (Å²) in [6.07, 6.45) is -2.46. The van der Waals surface area contributed by atoms with E-state index in [1.54, 1.807) is 6.92 Å². The minimum atomic E-state index is -4.10. The highest BCUT2D eigenvalue weighted by atomic mass is 32.2. The van der Waals surface area contributed by atoms with Crippen LogP contribution in [-0.4, -0.2) is 79.0 Å². The van der Waals surface area contributed by atoms with Crippen LogP contribution in [0.1, 0.15) is 48.5 Å². The van der Waals surface area contributed by atoms with E-state index in [1.165, 1.54) is 14.1 Å². The van der Waals surface area contributed by atoms with Crippen LogP contribution >= 0.6 is 0 Å². The maximum Gasteiger partial charge on any atom is 0.364 e. The van der Waals surface area contributed by atoms with Crippen LogP contribution < -0.4 is 0 Å². The lowest BCUT2D eigenvalue weighted by atomic mass is 10.0.